The molecule has 5 nitrogen and oxygen atoms in total. The molecule has 0 N–H and O–H groups in total. The van der Waals surface area contributed by atoms with Crippen LogP contribution in [0.3, 0.4) is 0 Å². The van der Waals surface area contributed by atoms with E-state index in [0.717, 1.165) is 21.3 Å². The van der Waals surface area contributed by atoms with Crippen molar-refractivity contribution in [1.82, 2.24) is 4.90 Å². The van der Waals surface area contributed by atoms with E-state index in [1.807, 2.05) is 85.8 Å². The minimum atomic E-state index is -0.194. The Labute approximate surface area is 207 Å². The topological polar surface area (TPSA) is 42.0 Å². The van der Waals surface area contributed by atoms with Crippen molar-refractivity contribution >= 4 is 50.9 Å². The molecule has 33 heavy (non-hydrogen) atoms. The van der Waals surface area contributed by atoms with Gasteiger partial charge in [0.25, 0.3) is 5.91 Å². The summed E-state index contributed by atoms with van der Waals surface area (Å²) in [5, 5.41) is 0.414. The fraction of sp³-hybridized carbons (Fsp3) is 0.154. The van der Waals surface area contributed by atoms with E-state index >= 15 is 0 Å². The van der Waals surface area contributed by atoms with Gasteiger partial charge in [0.15, 0.2) is 5.11 Å². The maximum Gasteiger partial charge on any atom is 0.281 e. The zero-order chi connectivity index (χ0) is 23.4. The Bertz CT molecular complexity index is 1200. The van der Waals surface area contributed by atoms with Crippen LogP contribution in [-0.2, 0) is 11.4 Å². The molecule has 1 saturated heterocycles. The molecule has 0 aliphatic carbocycles. The molecule has 1 heterocycles. The second kappa shape index (κ2) is 10.2. The lowest BCUT2D eigenvalue weighted by Crippen LogP contribution is -2.31. The Morgan fingerprint density at radius 2 is 1.73 bits per heavy atom. The summed E-state index contributed by atoms with van der Waals surface area (Å²) in [5.74, 6) is 1.24. The normalized spacial score (nSPS) is 14.8. The molecule has 0 bridgehead atoms. The summed E-state index contributed by atoms with van der Waals surface area (Å²) in [7, 11) is 1.79. The highest BCUT2D eigenvalue weighted by molar-refractivity contribution is 9.10. The minimum absolute atomic E-state index is 0.194. The molecule has 1 fully saturated rings. The van der Waals surface area contributed by atoms with Crippen molar-refractivity contribution in [3.8, 4) is 11.5 Å². The maximum atomic E-state index is 13.4. The van der Waals surface area contributed by atoms with Gasteiger partial charge in [-0.05, 0) is 73.2 Å². The molecule has 3 aromatic carbocycles. The number of thiocarbonyl (C=S) groups is 1. The second-order valence-electron chi connectivity index (χ2n) is 7.40. The third-order valence-corrected chi connectivity index (χ3v) is 6.12. The fourth-order valence-corrected chi connectivity index (χ4v) is 4.15. The molecule has 1 amide bonds. The first-order chi connectivity index (χ1) is 16.0. The number of amides is 1. The van der Waals surface area contributed by atoms with Gasteiger partial charge in [0.05, 0.1) is 12.3 Å². The van der Waals surface area contributed by atoms with Crippen LogP contribution in [-0.4, -0.2) is 29.6 Å². The van der Waals surface area contributed by atoms with Crippen LogP contribution in [0.25, 0.3) is 6.08 Å². The van der Waals surface area contributed by atoms with Gasteiger partial charge >= 0.3 is 0 Å². The van der Waals surface area contributed by atoms with Gasteiger partial charge in [-0.2, -0.15) is 0 Å². The maximum absolute atomic E-state index is 13.4. The summed E-state index contributed by atoms with van der Waals surface area (Å²) in [6.07, 6.45) is 1.81. The number of rotatable bonds is 7. The van der Waals surface area contributed by atoms with E-state index in [4.69, 9.17) is 21.7 Å². The van der Waals surface area contributed by atoms with Crippen molar-refractivity contribution in [3.05, 3.63) is 94.1 Å². The Kier molecular flexibility index (Phi) is 7.11. The molecule has 0 saturated carbocycles. The number of carbonyl (C=O) groups excluding carboxylic acids is 1. The average molecular weight is 523 g/mol. The number of carbonyl (C=O) groups is 1. The van der Waals surface area contributed by atoms with E-state index < -0.39 is 0 Å². The number of halogens is 1. The highest BCUT2D eigenvalue weighted by atomic mass is 79.9. The van der Waals surface area contributed by atoms with Crippen molar-refractivity contribution in [1.29, 1.82) is 0 Å². The van der Waals surface area contributed by atoms with Gasteiger partial charge in [0.1, 0.15) is 23.8 Å². The quantitative estimate of drug-likeness (QED) is 0.280. The van der Waals surface area contributed by atoms with Crippen LogP contribution in [0.4, 0.5) is 5.69 Å². The molecule has 168 valence electrons. The molecule has 7 heteroatoms. The van der Waals surface area contributed by atoms with Gasteiger partial charge in [-0.15, -0.1) is 0 Å². The molecule has 0 spiro atoms. The lowest BCUT2D eigenvalue weighted by Gasteiger charge is -2.16. The van der Waals surface area contributed by atoms with Crippen LogP contribution in [0.5, 0.6) is 11.5 Å². The monoisotopic (exact) mass is 522 g/mol. The van der Waals surface area contributed by atoms with E-state index in [1.165, 1.54) is 4.90 Å². The highest BCUT2D eigenvalue weighted by Crippen LogP contribution is 2.32. The van der Waals surface area contributed by atoms with Crippen molar-refractivity contribution in [2.45, 2.75) is 13.5 Å². The third kappa shape index (κ3) is 5.10. The van der Waals surface area contributed by atoms with Crippen molar-refractivity contribution in [2.24, 2.45) is 0 Å². The number of anilines is 1. The first-order valence-corrected chi connectivity index (χ1v) is 11.7. The smallest absolute Gasteiger partial charge is 0.281 e. The van der Waals surface area contributed by atoms with Gasteiger partial charge < -0.3 is 14.4 Å². The molecular weight excluding hydrogens is 500 g/mol. The van der Waals surface area contributed by atoms with E-state index in [0.29, 0.717) is 35.5 Å². The molecule has 1 aliphatic heterocycles. The lowest BCUT2D eigenvalue weighted by atomic mass is 10.1. The molecule has 0 atom stereocenters. The zero-order valence-electron chi connectivity index (χ0n) is 18.3. The first-order valence-electron chi connectivity index (χ1n) is 10.5. The zero-order valence-corrected chi connectivity index (χ0v) is 20.7. The van der Waals surface area contributed by atoms with Gasteiger partial charge in [-0.3, -0.25) is 9.69 Å². The van der Waals surface area contributed by atoms with Crippen LogP contribution >= 0.6 is 28.1 Å². The predicted octanol–water partition coefficient (Wildman–Crippen LogP) is 6.03. The predicted molar refractivity (Wildman–Crippen MR) is 138 cm³/mol. The van der Waals surface area contributed by atoms with Gasteiger partial charge in [0, 0.05) is 17.1 Å². The third-order valence-electron chi connectivity index (χ3n) is 5.17. The van der Waals surface area contributed by atoms with Crippen molar-refractivity contribution < 1.29 is 14.3 Å². The van der Waals surface area contributed by atoms with E-state index in [2.05, 4.69) is 15.9 Å². The summed E-state index contributed by atoms with van der Waals surface area (Å²) >= 11 is 9.11. The number of hydrogen-bond acceptors (Lipinski definition) is 4. The van der Waals surface area contributed by atoms with Gasteiger partial charge in [0.2, 0.25) is 0 Å². The van der Waals surface area contributed by atoms with E-state index in [-0.39, 0.29) is 5.91 Å². The number of nitrogens with zero attached hydrogens (tertiary/aromatic N) is 2. The molecule has 3 aromatic rings. The molecular formula is C26H23BrN2O3S. The SMILES string of the molecule is CCOc1ccc(N2C(=O)/C(=C/c3cc(Br)ccc3OCc3ccccc3)N(C)C2=S)cc1. The molecule has 0 radical (unpaired) electrons. The Morgan fingerprint density at radius 3 is 2.42 bits per heavy atom. The molecule has 0 aromatic heterocycles. The summed E-state index contributed by atoms with van der Waals surface area (Å²) in [6.45, 7) is 2.94. The Morgan fingerprint density at radius 1 is 1.00 bits per heavy atom. The molecule has 1 aliphatic rings. The van der Waals surface area contributed by atoms with Crippen LogP contribution in [0.1, 0.15) is 18.1 Å². The van der Waals surface area contributed by atoms with Crippen molar-refractivity contribution in [2.75, 3.05) is 18.6 Å². The number of ether oxygens (including phenoxy) is 2. The summed E-state index contributed by atoms with van der Waals surface area (Å²) in [4.78, 5) is 16.6. The molecule has 0 unspecified atom stereocenters. The number of hydrogen-bond donors (Lipinski definition) is 0. The number of benzene rings is 3. The van der Waals surface area contributed by atoms with Crippen LogP contribution in [0.2, 0.25) is 0 Å². The summed E-state index contributed by atoms with van der Waals surface area (Å²) in [5.41, 5.74) is 3.01. The summed E-state index contributed by atoms with van der Waals surface area (Å²) < 4.78 is 12.5. The second-order valence-corrected chi connectivity index (χ2v) is 8.68. The number of likely N-dealkylation sites (N-methyl/N-ethyl adjacent to an activating group) is 1. The van der Waals surface area contributed by atoms with Crippen LogP contribution in [0, 0.1) is 0 Å². The molecule has 4 rings (SSSR count). The minimum Gasteiger partial charge on any atom is -0.494 e. The lowest BCUT2D eigenvalue weighted by molar-refractivity contribution is -0.114. The van der Waals surface area contributed by atoms with E-state index in [9.17, 15) is 4.79 Å². The average Bonchev–Trinajstić information content (AvgIpc) is 3.03. The van der Waals surface area contributed by atoms with E-state index in [1.54, 1.807) is 11.9 Å². The van der Waals surface area contributed by atoms with Crippen LogP contribution < -0.4 is 14.4 Å². The fourth-order valence-electron chi connectivity index (χ4n) is 3.49. The largest absolute Gasteiger partial charge is 0.494 e. The van der Waals surface area contributed by atoms with Crippen LogP contribution in [0.15, 0.2) is 83.0 Å². The van der Waals surface area contributed by atoms with Gasteiger partial charge in [-0.25, -0.2) is 0 Å². The Hall–Kier alpha value is -3.16. The van der Waals surface area contributed by atoms with Crippen molar-refractivity contribution in [3.63, 3.8) is 0 Å². The summed E-state index contributed by atoms with van der Waals surface area (Å²) in [6, 6.07) is 23.0. The Balaban J connectivity index is 1.62. The highest BCUT2D eigenvalue weighted by Gasteiger charge is 2.37. The first kappa shape index (κ1) is 23.0. The van der Waals surface area contributed by atoms with Gasteiger partial charge in [-0.1, -0.05) is 46.3 Å². The standard InChI is InChI=1S/C26H23BrN2O3S/c1-3-31-22-12-10-21(11-13-22)29-25(30)23(28(2)26(29)33)16-19-15-20(27)9-14-24(19)32-17-18-7-5-4-6-8-18/h4-16H,3,17H2,1-2H3/b23-16-.